The number of hydrogen-bond donors (Lipinski definition) is 0. The van der Waals surface area contributed by atoms with Crippen LogP contribution in [0.5, 0.6) is 0 Å². The second-order valence-corrected chi connectivity index (χ2v) is 8.86. The molecule has 0 saturated carbocycles. The van der Waals surface area contributed by atoms with Gasteiger partial charge >= 0.3 is 0 Å². The number of benzene rings is 2. The lowest BCUT2D eigenvalue weighted by molar-refractivity contribution is 0.546. The molecule has 7 heteroatoms. The predicted octanol–water partition coefficient (Wildman–Crippen LogP) is 6.22. The highest BCUT2D eigenvalue weighted by atomic mass is 35.5. The molecule has 3 aromatic heterocycles. The Morgan fingerprint density at radius 3 is 2.39 bits per heavy atom. The van der Waals surface area contributed by atoms with Crippen molar-refractivity contribution in [2.24, 2.45) is 0 Å². The fraction of sp³-hybridized carbons (Fsp3) is 0.308. The third kappa shape index (κ3) is 3.89. The van der Waals surface area contributed by atoms with Crippen molar-refractivity contribution in [2.75, 3.05) is 0 Å². The maximum Gasteiger partial charge on any atom is 0.265 e. The van der Waals surface area contributed by atoms with Gasteiger partial charge in [-0.05, 0) is 43.7 Å². The Labute approximate surface area is 196 Å². The zero-order valence-corrected chi connectivity index (χ0v) is 19.6. The zero-order chi connectivity index (χ0) is 22.9. The van der Waals surface area contributed by atoms with Gasteiger partial charge in [-0.1, -0.05) is 62.4 Å². The summed E-state index contributed by atoms with van der Waals surface area (Å²) in [6.45, 7) is 4.75. The van der Waals surface area contributed by atoms with Crippen molar-refractivity contribution in [1.29, 1.82) is 0 Å². The van der Waals surface area contributed by atoms with E-state index in [0.717, 1.165) is 29.6 Å². The minimum atomic E-state index is -0.0663. The third-order valence-electron chi connectivity index (χ3n) is 6.11. The van der Waals surface area contributed by atoms with Gasteiger partial charge in [-0.2, -0.15) is 0 Å². The number of aromatic nitrogens is 5. The molecule has 0 saturated heterocycles. The molecule has 0 amide bonds. The molecule has 0 spiro atoms. The quantitative estimate of drug-likeness (QED) is 0.271. The van der Waals surface area contributed by atoms with Crippen LogP contribution >= 0.6 is 11.6 Å². The van der Waals surface area contributed by atoms with Crippen LogP contribution < -0.4 is 5.56 Å². The normalized spacial score (nSPS) is 11.7. The number of nitrogens with zero attached hydrogens (tertiary/aromatic N) is 5. The second-order valence-electron chi connectivity index (χ2n) is 8.43. The average molecular weight is 460 g/mol. The molecule has 0 bridgehead atoms. The summed E-state index contributed by atoms with van der Waals surface area (Å²) in [5.74, 6) is 0.693. The minimum Gasteiger partial charge on any atom is -0.296 e. The molecule has 0 atom stereocenters. The fourth-order valence-electron chi connectivity index (χ4n) is 4.43. The molecule has 2 aromatic carbocycles. The van der Waals surface area contributed by atoms with Gasteiger partial charge in [0.25, 0.3) is 5.56 Å². The number of rotatable bonds is 7. The van der Waals surface area contributed by atoms with Crippen molar-refractivity contribution >= 4 is 44.8 Å². The van der Waals surface area contributed by atoms with E-state index in [9.17, 15) is 4.79 Å². The van der Waals surface area contributed by atoms with E-state index in [2.05, 4.69) is 6.92 Å². The SMILES string of the molecule is CCCCCCCn1c(C)nc2c(c1=O)c1nc3ccccc3nc1n2-c1cccc(Cl)c1. The van der Waals surface area contributed by atoms with Crippen LogP contribution in [0.4, 0.5) is 0 Å². The summed E-state index contributed by atoms with van der Waals surface area (Å²) >= 11 is 6.30. The van der Waals surface area contributed by atoms with Crippen molar-refractivity contribution in [3.05, 3.63) is 69.7 Å². The smallest absolute Gasteiger partial charge is 0.265 e. The van der Waals surface area contributed by atoms with Gasteiger partial charge in [-0.15, -0.1) is 0 Å². The van der Waals surface area contributed by atoms with Gasteiger partial charge in [0.2, 0.25) is 0 Å². The molecule has 0 fully saturated rings. The summed E-state index contributed by atoms with van der Waals surface area (Å²) in [7, 11) is 0. The largest absolute Gasteiger partial charge is 0.296 e. The third-order valence-corrected chi connectivity index (χ3v) is 6.34. The number of fused-ring (bicyclic) bond motifs is 4. The molecule has 0 aliphatic carbocycles. The van der Waals surface area contributed by atoms with E-state index in [-0.39, 0.29) is 5.56 Å². The Bertz CT molecular complexity index is 1540. The topological polar surface area (TPSA) is 65.6 Å². The predicted molar refractivity (Wildman–Crippen MR) is 134 cm³/mol. The van der Waals surface area contributed by atoms with Crippen molar-refractivity contribution in [2.45, 2.75) is 52.5 Å². The van der Waals surface area contributed by atoms with Gasteiger partial charge in [-0.25, -0.2) is 15.0 Å². The van der Waals surface area contributed by atoms with Gasteiger partial charge in [0, 0.05) is 11.6 Å². The molecule has 0 N–H and O–H groups in total. The standard InChI is InChI=1S/C26H26ClN5O/c1-3-4-5-6-9-15-31-17(2)28-24-22(26(31)33)23-25(30-21-14-8-7-13-20(21)29-23)32(24)19-12-10-11-18(27)16-19/h7-8,10-14,16H,3-6,9,15H2,1-2H3. The van der Waals surface area contributed by atoms with E-state index in [0.29, 0.717) is 39.6 Å². The Hall–Kier alpha value is -3.25. The Balaban J connectivity index is 1.78. The van der Waals surface area contributed by atoms with Crippen molar-refractivity contribution in [3.8, 4) is 5.69 Å². The number of hydrogen-bond acceptors (Lipinski definition) is 4. The molecule has 168 valence electrons. The van der Waals surface area contributed by atoms with E-state index in [1.807, 2.05) is 60.0 Å². The van der Waals surface area contributed by atoms with Gasteiger partial charge in [0.1, 0.15) is 16.7 Å². The molecular formula is C26H26ClN5O. The summed E-state index contributed by atoms with van der Waals surface area (Å²) in [4.78, 5) is 28.4. The molecule has 5 rings (SSSR count). The summed E-state index contributed by atoms with van der Waals surface area (Å²) < 4.78 is 3.68. The fourth-order valence-corrected chi connectivity index (χ4v) is 4.61. The van der Waals surface area contributed by atoms with Crippen LogP contribution in [0.3, 0.4) is 0 Å². The number of unbranched alkanes of at least 4 members (excludes halogenated alkanes) is 4. The van der Waals surface area contributed by atoms with E-state index in [1.165, 1.54) is 19.3 Å². The van der Waals surface area contributed by atoms with Crippen LogP contribution in [0.2, 0.25) is 5.02 Å². The van der Waals surface area contributed by atoms with Crippen molar-refractivity contribution in [3.63, 3.8) is 0 Å². The molecule has 3 heterocycles. The van der Waals surface area contributed by atoms with Gasteiger partial charge in [0.15, 0.2) is 11.3 Å². The first-order valence-electron chi connectivity index (χ1n) is 11.5. The molecule has 0 aliphatic rings. The lowest BCUT2D eigenvalue weighted by Crippen LogP contribution is -2.24. The van der Waals surface area contributed by atoms with Crippen LogP contribution in [0.15, 0.2) is 53.3 Å². The maximum atomic E-state index is 13.7. The molecule has 0 unspecified atom stereocenters. The van der Waals surface area contributed by atoms with Crippen LogP contribution in [0.25, 0.3) is 38.9 Å². The molecular weight excluding hydrogens is 434 g/mol. The monoisotopic (exact) mass is 459 g/mol. The first-order valence-corrected chi connectivity index (χ1v) is 11.9. The summed E-state index contributed by atoms with van der Waals surface area (Å²) in [6, 6.07) is 15.2. The summed E-state index contributed by atoms with van der Waals surface area (Å²) in [5, 5.41) is 1.11. The number of halogens is 1. The second kappa shape index (κ2) is 8.94. The Kier molecular flexibility index (Phi) is 5.85. The molecule has 0 aliphatic heterocycles. The number of aryl methyl sites for hydroxylation is 1. The van der Waals surface area contributed by atoms with Crippen LogP contribution in [0, 0.1) is 6.92 Å². The van der Waals surface area contributed by atoms with E-state index < -0.39 is 0 Å². The summed E-state index contributed by atoms with van der Waals surface area (Å²) in [5.41, 5.74) is 3.99. The van der Waals surface area contributed by atoms with Crippen LogP contribution in [-0.4, -0.2) is 24.1 Å². The zero-order valence-electron chi connectivity index (χ0n) is 18.9. The average Bonchev–Trinajstić information content (AvgIpc) is 3.12. The molecule has 0 radical (unpaired) electrons. The summed E-state index contributed by atoms with van der Waals surface area (Å²) in [6.07, 6.45) is 5.66. The molecule has 5 aromatic rings. The van der Waals surface area contributed by atoms with E-state index in [4.69, 9.17) is 26.6 Å². The van der Waals surface area contributed by atoms with Gasteiger partial charge in [-0.3, -0.25) is 13.9 Å². The highest BCUT2D eigenvalue weighted by molar-refractivity contribution is 6.30. The Morgan fingerprint density at radius 2 is 1.64 bits per heavy atom. The highest BCUT2D eigenvalue weighted by Crippen LogP contribution is 2.29. The van der Waals surface area contributed by atoms with Crippen LogP contribution in [0.1, 0.15) is 44.9 Å². The lowest BCUT2D eigenvalue weighted by Gasteiger charge is -2.11. The van der Waals surface area contributed by atoms with Crippen molar-refractivity contribution in [1.82, 2.24) is 24.1 Å². The lowest BCUT2D eigenvalue weighted by atomic mass is 10.1. The van der Waals surface area contributed by atoms with Crippen molar-refractivity contribution < 1.29 is 0 Å². The van der Waals surface area contributed by atoms with Gasteiger partial charge in [0.05, 0.1) is 16.7 Å². The molecule has 6 nitrogen and oxygen atoms in total. The maximum absolute atomic E-state index is 13.7. The Morgan fingerprint density at radius 1 is 0.879 bits per heavy atom. The van der Waals surface area contributed by atoms with E-state index in [1.54, 1.807) is 4.57 Å². The van der Waals surface area contributed by atoms with E-state index >= 15 is 0 Å². The minimum absolute atomic E-state index is 0.0663. The van der Waals surface area contributed by atoms with Gasteiger partial charge < -0.3 is 0 Å². The molecule has 33 heavy (non-hydrogen) atoms. The van der Waals surface area contributed by atoms with Crippen LogP contribution in [-0.2, 0) is 6.54 Å². The first-order chi connectivity index (χ1) is 16.1. The highest BCUT2D eigenvalue weighted by Gasteiger charge is 2.22. The number of para-hydroxylation sites is 2. The first kappa shape index (κ1) is 21.6.